The molecule has 0 radical (unpaired) electrons. The van der Waals surface area contributed by atoms with Gasteiger partial charge in [-0.15, -0.1) is 11.8 Å². The third kappa shape index (κ3) is 5.46. The van der Waals surface area contributed by atoms with E-state index in [1.54, 1.807) is 24.3 Å². The van der Waals surface area contributed by atoms with Crippen molar-refractivity contribution < 1.29 is 18.0 Å². The first-order chi connectivity index (χ1) is 7.51. The fourth-order valence-corrected chi connectivity index (χ4v) is 2.52. The summed E-state index contributed by atoms with van der Waals surface area (Å²) in [6.45, 7) is 0. The summed E-state index contributed by atoms with van der Waals surface area (Å²) in [5.74, 6) is 0.381. The number of aldehydes is 1. The standard InChI is InChI=1S/C10H9F3OS2/c11-10(12,13)16-5-4-15-9-3-1-2-8(6-9)7-14/h1-3,6-7H,4-5H2. The van der Waals surface area contributed by atoms with Crippen molar-refractivity contribution in [3.8, 4) is 0 Å². The molecule has 0 unspecified atom stereocenters. The van der Waals surface area contributed by atoms with Crippen molar-refractivity contribution in [1.29, 1.82) is 0 Å². The number of thioether (sulfide) groups is 2. The molecule has 0 amide bonds. The van der Waals surface area contributed by atoms with E-state index in [0.717, 1.165) is 4.90 Å². The lowest BCUT2D eigenvalue weighted by atomic mass is 10.2. The molecule has 1 aromatic rings. The molecule has 0 fully saturated rings. The van der Waals surface area contributed by atoms with Crippen LogP contribution < -0.4 is 0 Å². The van der Waals surface area contributed by atoms with Crippen molar-refractivity contribution in [2.75, 3.05) is 11.5 Å². The SMILES string of the molecule is O=Cc1cccc(SCCSC(F)(F)F)c1. The maximum absolute atomic E-state index is 11.8. The summed E-state index contributed by atoms with van der Waals surface area (Å²) in [5.41, 5.74) is -3.63. The number of rotatable bonds is 5. The van der Waals surface area contributed by atoms with E-state index in [4.69, 9.17) is 0 Å². The Morgan fingerprint density at radius 1 is 1.25 bits per heavy atom. The Kier molecular flexibility index (Phi) is 5.21. The molecule has 0 aromatic heterocycles. The molecule has 0 N–H and O–H groups in total. The summed E-state index contributed by atoms with van der Waals surface area (Å²) in [7, 11) is 0. The molecular weight excluding hydrogens is 257 g/mol. The quantitative estimate of drug-likeness (QED) is 0.458. The van der Waals surface area contributed by atoms with Gasteiger partial charge in [-0.2, -0.15) is 13.2 Å². The Labute approximate surface area is 99.8 Å². The summed E-state index contributed by atoms with van der Waals surface area (Å²) < 4.78 is 35.4. The molecule has 0 aliphatic rings. The molecule has 0 heterocycles. The minimum atomic E-state index is -4.16. The minimum absolute atomic E-state index is 0.0134. The lowest BCUT2D eigenvalue weighted by molar-refractivity contribution is -0.0326. The van der Waals surface area contributed by atoms with E-state index in [2.05, 4.69) is 0 Å². The lowest BCUT2D eigenvalue weighted by Crippen LogP contribution is -2.02. The van der Waals surface area contributed by atoms with Gasteiger partial charge in [0.15, 0.2) is 0 Å². The maximum Gasteiger partial charge on any atom is 0.441 e. The average Bonchev–Trinajstić information content (AvgIpc) is 2.23. The van der Waals surface area contributed by atoms with Crippen LogP contribution in [0, 0.1) is 0 Å². The topological polar surface area (TPSA) is 17.1 Å². The van der Waals surface area contributed by atoms with Crippen molar-refractivity contribution in [3.63, 3.8) is 0 Å². The fraction of sp³-hybridized carbons (Fsp3) is 0.300. The van der Waals surface area contributed by atoms with E-state index in [9.17, 15) is 18.0 Å². The normalized spacial score (nSPS) is 11.4. The Morgan fingerprint density at radius 3 is 2.62 bits per heavy atom. The van der Waals surface area contributed by atoms with Crippen LogP contribution >= 0.6 is 23.5 Å². The highest BCUT2D eigenvalue weighted by Crippen LogP contribution is 2.31. The zero-order chi connectivity index (χ0) is 12.0. The number of benzene rings is 1. The largest absolute Gasteiger partial charge is 0.441 e. The van der Waals surface area contributed by atoms with Gasteiger partial charge < -0.3 is 0 Å². The third-order valence-electron chi connectivity index (χ3n) is 1.61. The maximum atomic E-state index is 11.8. The van der Waals surface area contributed by atoms with Crippen LogP contribution in [0.3, 0.4) is 0 Å². The second-order valence-corrected chi connectivity index (χ2v) is 5.16. The number of hydrogen-bond donors (Lipinski definition) is 0. The van der Waals surface area contributed by atoms with Crippen molar-refractivity contribution in [2.45, 2.75) is 10.4 Å². The van der Waals surface area contributed by atoms with E-state index in [0.29, 0.717) is 17.6 Å². The van der Waals surface area contributed by atoms with Crippen LogP contribution in [-0.2, 0) is 0 Å². The van der Waals surface area contributed by atoms with E-state index < -0.39 is 5.51 Å². The lowest BCUT2D eigenvalue weighted by Gasteiger charge is -2.05. The number of carbonyl (C=O) groups excluding carboxylic acids is 1. The van der Waals surface area contributed by atoms with Gasteiger partial charge in [-0.3, -0.25) is 4.79 Å². The first-order valence-electron chi connectivity index (χ1n) is 4.40. The molecule has 1 nitrogen and oxygen atoms in total. The van der Waals surface area contributed by atoms with Crippen LogP contribution in [0.5, 0.6) is 0 Å². The van der Waals surface area contributed by atoms with E-state index in [1.165, 1.54) is 11.8 Å². The zero-order valence-corrected chi connectivity index (χ0v) is 9.79. The Morgan fingerprint density at radius 2 is 2.00 bits per heavy atom. The van der Waals surface area contributed by atoms with Crippen LogP contribution in [0.15, 0.2) is 29.2 Å². The summed E-state index contributed by atoms with van der Waals surface area (Å²) >= 11 is 1.28. The van der Waals surface area contributed by atoms with Gasteiger partial charge in [-0.1, -0.05) is 23.9 Å². The van der Waals surface area contributed by atoms with Gasteiger partial charge in [0.1, 0.15) is 6.29 Å². The zero-order valence-electron chi connectivity index (χ0n) is 8.16. The smallest absolute Gasteiger partial charge is 0.298 e. The van der Waals surface area contributed by atoms with Crippen LogP contribution in [0.2, 0.25) is 0 Å². The molecule has 0 aliphatic carbocycles. The van der Waals surface area contributed by atoms with Gasteiger partial charge in [-0.05, 0) is 12.1 Å². The molecule has 0 saturated heterocycles. The van der Waals surface area contributed by atoms with E-state index in [1.807, 2.05) is 0 Å². The molecule has 0 atom stereocenters. The van der Waals surface area contributed by atoms with E-state index >= 15 is 0 Å². The summed E-state index contributed by atoms with van der Waals surface area (Å²) in [5, 5.41) is 0. The highest BCUT2D eigenvalue weighted by molar-refractivity contribution is 8.03. The molecule has 1 aromatic carbocycles. The van der Waals surface area contributed by atoms with Crippen molar-refractivity contribution in [2.24, 2.45) is 0 Å². The highest BCUT2D eigenvalue weighted by Gasteiger charge is 2.27. The second kappa shape index (κ2) is 6.20. The third-order valence-corrected chi connectivity index (χ3v) is 3.60. The molecule has 16 heavy (non-hydrogen) atoms. The summed E-state index contributed by atoms with van der Waals surface area (Å²) in [6, 6.07) is 6.80. The predicted molar refractivity (Wildman–Crippen MR) is 61.1 cm³/mol. The van der Waals surface area contributed by atoms with Crippen LogP contribution in [-0.4, -0.2) is 23.3 Å². The van der Waals surface area contributed by atoms with Gasteiger partial charge in [0.2, 0.25) is 0 Å². The highest BCUT2D eigenvalue weighted by atomic mass is 32.2. The monoisotopic (exact) mass is 266 g/mol. The van der Waals surface area contributed by atoms with Crippen molar-refractivity contribution in [1.82, 2.24) is 0 Å². The van der Waals surface area contributed by atoms with Crippen LogP contribution in [0.1, 0.15) is 10.4 Å². The molecule has 0 aliphatic heterocycles. The van der Waals surface area contributed by atoms with Crippen LogP contribution in [0.4, 0.5) is 13.2 Å². The van der Waals surface area contributed by atoms with Crippen molar-refractivity contribution >= 4 is 29.8 Å². The van der Waals surface area contributed by atoms with Crippen LogP contribution in [0.25, 0.3) is 0 Å². The summed E-state index contributed by atoms with van der Waals surface area (Å²) in [4.78, 5) is 11.3. The first kappa shape index (κ1) is 13.4. The minimum Gasteiger partial charge on any atom is -0.298 e. The number of alkyl halides is 3. The van der Waals surface area contributed by atoms with Gasteiger partial charge >= 0.3 is 5.51 Å². The predicted octanol–water partition coefficient (Wildman–Crippen LogP) is 3.84. The molecule has 1 rings (SSSR count). The first-order valence-corrected chi connectivity index (χ1v) is 6.37. The molecule has 0 saturated carbocycles. The van der Waals surface area contributed by atoms with Gasteiger partial charge in [-0.25, -0.2) is 0 Å². The average molecular weight is 266 g/mol. The molecule has 0 spiro atoms. The van der Waals surface area contributed by atoms with Crippen molar-refractivity contribution in [3.05, 3.63) is 29.8 Å². The molecule has 0 bridgehead atoms. The fourth-order valence-electron chi connectivity index (χ4n) is 0.995. The Balaban J connectivity index is 2.34. The van der Waals surface area contributed by atoms with Gasteiger partial charge in [0.05, 0.1) is 0 Å². The van der Waals surface area contributed by atoms with Gasteiger partial charge in [0, 0.05) is 22.0 Å². The second-order valence-electron chi connectivity index (χ2n) is 2.83. The molecule has 6 heteroatoms. The van der Waals surface area contributed by atoms with E-state index in [-0.39, 0.29) is 17.5 Å². The number of carbonyl (C=O) groups is 1. The molecular formula is C10H9F3OS2. The number of halogens is 3. The Hall–Kier alpha value is -0.620. The molecule has 88 valence electrons. The van der Waals surface area contributed by atoms with Gasteiger partial charge in [0.25, 0.3) is 0 Å². The Bertz CT molecular complexity index is 352. The number of hydrogen-bond acceptors (Lipinski definition) is 3. The summed E-state index contributed by atoms with van der Waals surface area (Å²) in [6.07, 6.45) is 0.717.